The van der Waals surface area contributed by atoms with Gasteiger partial charge in [-0.05, 0) is 98.0 Å². The van der Waals surface area contributed by atoms with Crippen LogP contribution in [-0.4, -0.2) is 47.2 Å². The number of rotatable bonds is 8. The number of likely N-dealkylation sites (tertiary alicyclic amines) is 1. The molecule has 0 bridgehead atoms. The quantitative estimate of drug-likeness (QED) is 0.204. The van der Waals surface area contributed by atoms with Crippen LogP contribution in [-0.2, 0) is 16.8 Å². The Balaban J connectivity index is 1.17. The summed E-state index contributed by atoms with van der Waals surface area (Å²) in [6, 6.07) is 24.2. The van der Waals surface area contributed by atoms with E-state index in [1.54, 1.807) is 37.4 Å². The minimum Gasteiger partial charge on any atom is -0.462 e. The highest BCUT2D eigenvalue weighted by atomic mass is 35.5. The van der Waals surface area contributed by atoms with Crippen LogP contribution in [0.3, 0.4) is 0 Å². The average Bonchev–Trinajstić information content (AvgIpc) is 3.20. The van der Waals surface area contributed by atoms with E-state index in [2.05, 4.69) is 16.0 Å². The van der Waals surface area contributed by atoms with Crippen molar-refractivity contribution >= 4 is 23.1 Å². The number of hydrogen-bond donors (Lipinski definition) is 1. The lowest BCUT2D eigenvalue weighted by atomic mass is 9.84. The lowest BCUT2D eigenvalue weighted by Gasteiger charge is -2.38. The van der Waals surface area contributed by atoms with Gasteiger partial charge in [-0.3, -0.25) is 0 Å². The van der Waals surface area contributed by atoms with Crippen molar-refractivity contribution in [3.05, 3.63) is 118 Å². The first-order valence-electron chi connectivity index (χ1n) is 15.0. The van der Waals surface area contributed by atoms with Gasteiger partial charge in [-0.15, -0.1) is 0 Å². The first-order chi connectivity index (χ1) is 21.4. The Hall–Kier alpha value is -4.17. The Labute approximate surface area is 262 Å². The largest absolute Gasteiger partial charge is 0.462 e. The molecule has 2 aliphatic heterocycles. The van der Waals surface area contributed by atoms with Gasteiger partial charge in [0.15, 0.2) is 0 Å². The second kappa shape index (κ2) is 13.2. The maximum Gasteiger partial charge on any atom is 0.338 e. The molecule has 7 nitrogen and oxygen atoms in total. The van der Waals surface area contributed by atoms with E-state index in [0.29, 0.717) is 59.6 Å². The Morgan fingerprint density at radius 3 is 2.57 bits per heavy atom. The number of aromatic nitrogens is 1. The van der Waals surface area contributed by atoms with E-state index in [1.807, 2.05) is 54.6 Å². The molecule has 3 aromatic carbocycles. The minimum absolute atomic E-state index is 0.325. The molecular formula is C36H35ClN2O5. The second-order valence-electron chi connectivity index (χ2n) is 11.1. The summed E-state index contributed by atoms with van der Waals surface area (Å²) < 4.78 is 17.7. The highest BCUT2D eigenvalue weighted by Gasteiger charge is 2.33. The molecule has 4 aromatic rings. The van der Waals surface area contributed by atoms with Crippen LogP contribution in [0.2, 0.25) is 5.02 Å². The number of pyridine rings is 1. The third kappa shape index (κ3) is 6.65. The summed E-state index contributed by atoms with van der Waals surface area (Å²) in [5.74, 6) is 2.21. The molecule has 0 aliphatic carbocycles. The standard InChI is InChI=1S/C36H35ClN2O5/c1-2-42-35(40)25-10-16-29(17-11-25)43-32-8-3-9-33-31(32)24-26(30-7-4-20-38-34(30)44-33)6-5-21-39-22-18-36(41,19-23-39)27-12-14-28(37)15-13-27/h3-4,6-17,20,41H,2,5,18-19,21-24H2,1H3. The molecule has 0 amide bonds. The molecule has 44 heavy (non-hydrogen) atoms. The summed E-state index contributed by atoms with van der Waals surface area (Å²) in [5.41, 5.74) is 3.60. The number of carbonyl (C=O) groups is 1. The Kier molecular flexibility index (Phi) is 8.98. The molecule has 6 rings (SSSR count). The van der Waals surface area contributed by atoms with Crippen LogP contribution in [0.1, 0.15) is 53.2 Å². The molecule has 0 unspecified atom stereocenters. The van der Waals surface area contributed by atoms with Gasteiger partial charge in [-0.1, -0.05) is 35.9 Å². The van der Waals surface area contributed by atoms with Gasteiger partial charge in [0.05, 0.1) is 17.8 Å². The number of halogens is 1. The monoisotopic (exact) mass is 610 g/mol. The van der Waals surface area contributed by atoms with E-state index in [-0.39, 0.29) is 5.97 Å². The summed E-state index contributed by atoms with van der Waals surface area (Å²) in [6.45, 7) is 4.63. The maximum absolute atomic E-state index is 12.1. The molecule has 3 heterocycles. The molecule has 1 aromatic heterocycles. The number of esters is 1. The third-order valence-electron chi connectivity index (χ3n) is 8.28. The van der Waals surface area contributed by atoms with Crippen LogP contribution in [0.5, 0.6) is 23.1 Å². The predicted molar refractivity (Wildman–Crippen MR) is 171 cm³/mol. The van der Waals surface area contributed by atoms with Crippen molar-refractivity contribution in [2.45, 2.75) is 38.2 Å². The van der Waals surface area contributed by atoms with Crippen LogP contribution >= 0.6 is 11.6 Å². The van der Waals surface area contributed by atoms with Crippen LogP contribution in [0.25, 0.3) is 5.57 Å². The van der Waals surface area contributed by atoms with Gasteiger partial charge in [0, 0.05) is 48.4 Å². The first kappa shape index (κ1) is 29.9. The Morgan fingerprint density at radius 1 is 1.05 bits per heavy atom. The zero-order chi connectivity index (χ0) is 30.5. The van der Waals surface area contributed by atoms with Crippen LogP contribution in [0.4, 0.5) is 0 Å². The normalized spacial score (nSPS) is 16.8. The maximum atomic E-state index is 12.1. The summed E-state index contributed by atoms with van der Waals surface area (Å²) in [7, 11) is 0. The van der Waals surface area contributed by atoms with E-state index < -0.39 is 5.60 Å². The van der Waals surface area contributed by atoms with E-state index >= 15 is 0 Å². The number of aliphatic hydroxyl groups is 1. The molecule has 0 spiro atoms. The lowest BCUT2D eigenvalue weighted by molar-refractivity contribution is -0.0254. The number of hydrogen-bond acceptors (Lipinski definition) is 7. The number of benzene rings is 3. The van der Waals surface area contributed by atoms with Crippen molar-refractivity contribution in [3.8, 4) is 23.1 Å². The highest BCUT2D eigenvalue weighted by Crippen LogP contribution is 2.43. The number of nitrogens with zero attached hydrogens (tertiary/aromatic N) is 2. The fourth-order valence-electron chi connectivity index (χ4n) is 5.82. The second-order valence-corrected chi connectivity index (χ2v) is 11.5. The predicted octanol–water partition coefficient (Wildman–Crippen LogP) is 7.81. The fraction of sp³-hybridized carbons (Fsp3) is 0.278. The molecule has 1 fully saturated rings. The number of carbonyl (C=O) groups excluding carboxylic acids is 1. The molecule has 2 aliphatic rings. The van der Waals surface area contributed by atoms with Crippen LogP contribution in [0.15, 0.2) is 91.1 Å². The van der Waals surface area contributed by atoms with Gasteiger partial charge >= 0.3 is 5.97 Å². The van der Waals surface area contributed by atoms with Gasteiger partial charge in [-0.2, -0.15) is 0 Å². The molecule has 0 radical (unpaired) electrons. The van der Waals surface area contributed by atoms with Crippen LogP contribution in [0, 0.1) is 0 Å². The third-order valence-corrected chi connectivity index (χ3v) is 8.53. The number of piperidine rings is 1. The van der Waals surface area contributed by atoms with E-state index in [4.69, 9.17) is 25.8 Å². The summed E-state index contributed by atoms with van der Waals surface area (Å²) in [4.78, 5) is 19.0. The molecule has 226 valence electrons. The van der Waals surface area contributed by atoms with Crippen molar-refractivity contribution in [2.75, 3.05) is 26.2 Å². The minimum atomic E-state index is -0.817. The fourth-order valence-corrected chi connectivity index (χ4v) is 5.94. The highest BCUT2D eigenvalue weighted by molar-refractivity contribution is 6.30. The van der Waals surface area contributed by atoms with Crippen LogP contribution < -0.4 is 9.47 Å². The average molecular weight is 611 g/mol. The van der Waals surface area contributed by atoms with E-state index in [9.17, 15) is 9.90 Å². The van der Waals surface area contributed by atoms with Gasteiger partial charge in [0.1, 0.15) is 17.2 Å². The van der Waals surface area contributed by atoms with Gasteiger partial charge in [-0.25, -0.2) is 9.78 Å². The summed E-state index contributed by atoms with van der Waals surface area (Å²) in [5, 5.41) is 11.9. The molecule has 0 saturated carbocycles. The molecule has 1 saturated heterocycles. The smallest absolute Gasteiger partial charge is 0.338 e. The van der Waals surface area contributed by atoms with Gasteiger partial charge in [0.25, 0.3) is 0 Å². The van der Waals surface area contributed by atoms with Crippen molar-refractivity contribution in [1.82, 2.24) is 9.88 Å². The number of fused-ring (bicyclic) bond motifs is 2. The van der Waals surface area contributed by atoms with Gasteiger partial charge in [0.2, 0.25) is 5.88 Å². The Bertz CT molecular complexity index is 1640. The molecule has 8 heteroatoms. The summed E-state index contributed by atoms with van der Waals surface area (Å²) >= 11 is 6.05. The summed E-state index contributed by atoms with van der Waals surface area (Å²) in [6.07, 6.45) is 6.83. The number of allylic oxidation sites excluding steroid dienone is 1. The van der Waals surface area contributed by atoms with Crippen molar-refractivity contribution in [2.24, 2.45) is 0 Å². The molecule has 1 N–H and O–H groups in total. The lowest BCUT2D eigenvalue weighted by Crippen LogP contribution is -2.42. The zero-order valence-electron chi connectivity index (χ0n) is 24.7. The number of ether oxygens (including phenoxy) is 3. The van der Waals surface area contributed by atoms with Crippen molar-refractivity contribution < 1.29 is 24.1 Å². The molecular weight excluding hydrogens is 576 g/mol. The van der Waals surface area contributed by atoms with Crippen molar-refractivity contribution in [3.63, 3.8) is 0 Å². The van der Waals surface area contributed by atoms with E-state index in [1.165, 1.54) is 0 Å². The van der Waals surface area contributed by atoms with Gasteiger partial charge < -0.3 is 24.2 Å². The Morgan fingerprint density at radius 2 is 1.82 bits per heavy atom. The van der Waals surface area contributed by atoms with E-state index in [0.717, 1.165) is 48.3 Å². The topological polar surface area (TPSA) is 81.1 Å². The zero-order valence-corrected chi connectivity index (χ0v) is 25.4. The SMILES string of the molecule is CCOC(=O)c1ccc(Oc2cccc3c2CC(=CCCN2CCC(O)(c4ccc(Cl)cc4)CC2)c2cccnc2O3)cc1. The molecule has 0 atom stereocenters. The van der Waals surface area contributed by atoms with Crippen molar-refractivity contribution in [1.29, 1.82) is 0 Å². The first-order valence-corrected chi connectivity index (χ1v) is 15.4.